The Morgan fingerprint density at radius 1 is 1.29 bits per heavy atom. The molecule has 1 saturated heterocycles. The van der Waals surface area contributed by atoms with Gasteiger partial charge < -0.3 is 5.32 Å². The summed E-state index contributed by atoms with van der Waals surface area (Å²) in [7, 11) is -3.64. The van der Waals surface area contributed by atoms with Crippen LogP contribution in [0.2, 0.25) is 0 Å². The zero-order valence-electron chi connectivity index (χ0n) is 11.8. The number of non-ortho nitro benzene ring substituents is 1. The molecule has 1 aromatic rings. The molecule has 1 aliphatic heterocycles. The molecule has 21 heavy (non-hydrogen) atoms. The lowest BCUT2D eigenvalue weighted by molar-refractivity contribution is -0.384. The second-order valence-corrected chi connectivity index (χ2v) is 6.96. The summed E-state index contributed by atoms with van der Waals surface area (Å²) < 4.78 is 27.2. The van der Waals surface area contributed by atoms with Crippen LogP contribution in [0, 0.1) is 16.0 Å². The van der Waals surface area contributed by atoms with E-state index in [1.807, 2.05) is 6.92 Å². The maximum absolute atomic E-state index is 12.3. The number of sulfonamides is 1. The molecule has 0 aliphatic carbocycles. The maximum atomic E-state index is 12.3. The highest BCUT2D eigenvalue weighted by molar-refractivity contribution is 7.89. The van der Waals surface area contributed by atoms with Gasteiger partial charge in [-0.2, -0.15) is 0 Å². The molecular formula is C13H19N3O4S. The standard InChI is InChI=1S/C13H19N3O4S/c1-10(11-6-8-14-9-7-11)15-21(19,20)13-4-2-12(3-5-13)16(17)18/h2-5,10-11,14-15H,6-9H2,1H3/t10-/m1/s1. The number of benzene rings is 1. The zero-order valence-corrected chi connectivity index (χ0v) is 12.6. The fourth-order valence-corrected chi connectivity index (χ4v) is 3.81. The molecule has 0 aromatic heterocycles. The Morgan fingerprint density at radius 2 is 1.86 bits per heavy atom. The van der Waals surface area contributed by atoms with E-state index in [2.05, 4.69) is 10.0 Å². The largest absolute Gasteiger partial charge is 0.317 e. The topological polar surface area (TPSA) is 101 Å². The van der Waals surface area contributed by atoms with Crippen LogP contribution in [0.25, 0.3) is 0 Å². The average Bonchev–Trinajstić information content (AvgIpc) is 2.48. The first-order valence-corrected chi connectivity index (χ1v) is 8.36. The molecule has 1 atom stereocenters. The van der Waals surface area contributed by atoms with Gasteiger partial charge in [0.2, 0.25) is 10.0 Å². The monoisotopic (exact) mass is 313 g/mol. The van der Waals surface area contributed by atoms with E-state index in [4.69, 9.17) is 0 Å². The summed E-state index contributed by atoms with van der Waals surface area (Å²) in [4.78, 5) is 10.1. The molecule has 1 fully saturated rings. The minimum Gasteiger partial charge on any atom is -0.317 e. The van der Waals surface area contributed by atoms with Gasteiger partial charge in [0.1, 0.15) is 0 Å². The van der Waals surface area contributed by atoms with Crippen molar-refractivity contribution < 1.29 is 13.3 Å². The molecule has 2 rings (SSSR count). The second kappa shape index (κ2) is 6.50. The Bertz CT molecular complexity index is 594. The Kier molecular flexibility index (Phi) is 4.92. The lowest BCUT2D eigenvalue weighted by atomic mass is 9.92. The van der Waals surface area contributed by atoms with Crippen molar-refractivity contribution in [2.75, 3.05) is 13.1 Å². The van der Waals surface area contributed by atoms with Gasteiger partial charge in [-0.15, -0.1) is 0 Å². The van der Waals surface area contributed by atoms with Gasteiger partial charge in [-0.25, -0.2) is 13.1 Å². The van der Waals surface area contributed by atoms with Crippen molar-refractivity contribution in [3.8, 4) is 0 Å². The van der Waals surface area contributed by atoms with E-state index in [0.29, 0.717) is 5.92 Å². The number of hydrogen-bond acceptors (Lipinski definition) is 5. The van der Waals surface area contributed by atoms with Crippen LogP contribution < -0.4 is 10.0 Å². The van der Waals surface area contributed by atoms with Crippen molar-refractivity contribution in [3.63, 3.8) is 0 Å². The first kappa shape index (κ1) is 15.9. The molecule has 0 spiro atoms. The number of nitro benzene ring substituents is 1. The molecule has 8 heteroatoms. The van der Waals surface area contributed by atoms with Gasteiger partial charge in [0, 0.05) is 18.2 Å². The van der Waals surface area contributed by atoms with Crippen LogP contribution in [-0.2, 0) is 10.0 Å². The summed E-state index contributed by atoms with van der Waals surface area (Å²) >= 11 is 0. The summed E-state index contributed by atoms with van der Waals surface area (Å²) in [5, 5.41) is 13.8. The van der Waals surface area contributed by atoms with Gasteiger partial charge in [0.25, 0.3) is 5.69 Å². The predicted octanol–water partition coefficient (Wildman–Crippen LogP) is 1.26. The Morgan fingerprint density at radius 3 is 2.38 bits per heavy atom. The summed E-state index contributed by atoms with van der Waals surface area (Å²) in [6.07, 6.45) is 1.87. The van der Waals surface area contributed by atoms with Crippen LogP contribution in [0.3, 0.4) is 0 Å². The van der Waals surface area contributed by atoms with Crippen LogP contribution in [0.5, 0.6) is 0 Å². The molecule has 0 radical (unpaired) electrons. The molecule has 0 saturated carbocycles. The van der Waals surface area contributed by atoms with E-state index >= 15 is 0 Å². The maximum Gasteiger partial charge on any atom is 0.269 e. The molecule has 0 amide bonds. The molecule has 1 heterocycles. The molecule has 2 N–H and O–H groups in total. The highest BCUT2D eigenvalue weighted by Crippen LogP contribution is 2.20. The van der Waals surface area contributed by atoms with Crippen LogP contribution in [0.1, 0.15) is 19.8 Å². The second-order valence-electron chi connectivity index (χ2n) is 5.25. The molecule has 0 bridgehead atoms. The van der Waals surface area contributed by atoms with Gasteiger partial charge in [-0.1, -0.05) is 0 Å². The van der Waals surface area contributed by atoms with E-state index < -0.39 is 14.9 Å². The molecule has 116 valence electrons. The number of piperidine rings is 1. The van der Waals surface area contributed by atoms with Crippen LogP contribution in [0.15, 0.2) is 29.2 Å². The highest BCUT2D eigenvalue weighted by Gasteiger charge is 2.25. The zero-order chi connectivity index (χ0) is 15.5. The van der Waals surface area contributed by atoms with E-state index in [0.717, 1.165) is 25.9 Å². The van der Waals surface area contributed by atoms with Gasteiger partial charge in [0.05, 0.1) is 9.82 Å². The average molecular weight is 313 g/mol. The molecule has 0 unspecified atom stereocenters. The lowest BCUT2D eigenvalue weighted by Crippen LogP contribution is -2.42. The molecule has 7 nitrogen and oxygen atoms in total. The minimum absolute atomic E-state index is 0.0499. The van der Waals surface area contributed by atoms with Crippen molar-refractivity contribution >= 4 is 15.7 Å². The minimum atomic E-state index is -3.64. The third-order valence-electron chi connectivity index (χ3n) is 3.79. The van der Waals surface area contributed by atoms with Crippen molar-refractivity contribution in [2.24, 2.45) is 5.92 Å². The quantitative estimate of drug-likeness (QED) is 0.629. The molecule has 1 aromatic carbocycles. The Hall–Kier alpha value is -1.51. The Labute approximate surface area is 123 Å². The summed E-state index contributed by atoms with van der Waals surface area (Å²) in [6, 6.07) is 4.76. The third-order valence-corrected chi connectivity index (χ3v) is 5.36. The van der Waals surface area contributed by atoms with Gasteiger partial charge >= 0.3 is 0 Å². The fourth-order valence-electron chi connectivity index (χ4n) is 2.50. The van der Waals surface area contributed by atoms with Crippen molar-refractivity contribution in [1.82, 2.24) is 10.0 Å². The van der Waals surface area contributed by atoms with Crippen LogP contribution >= 0.6 is 0 Å². The highest BCUT2D eigenvalue weighted by atomic mass is 32.2. The molecular weight excluding hydrogens is 294 g/mol. The van der Waals surface area contributed by atoms with Gasteiger partial charge in [-0.3, -0.25) is 10.1 Å². The SMILES string of the molecule is C[C@@H](NS(=O)(=O)c1ccc([N+](=O)[O-])cc1)C1CCNCC1. The molecule has 1 aliphatic rings. The Balaban J connectivity index is 2.08. The first-order valence-electron chi connectivity index (χ1n) is 6.87. The van der Waals surface area contributed by atoms with Crippen molar-refractivity contribution in [3.05, 3.63) is 34.4 Å². The fraction of sp³-hybridized carbons (Fsp3) is 0.538. The number of nitrogens with one attached hydrogen (secondary N) is 2. The lowest BCUT2D eigenvalue weighted by Gasteiger charge is -2.28. The van der Waals surface area contributed by atoms with Gasteiger partial charge in [0.15, 0.2) is 0 Å². The number of nitrogens with zero attached hydrogens (tertiary/aromatic N) is 1. The van der Waals surface area contributed by atoms with Gasteiger partial charge in [-0.05, 0) is 50.9 Å². The summed E-state index contributed by atoms with van der Waals surface area (Å²) in [5.41, 5.74) is -0.125. The summed E-state index contributed by atoms with van der Waals surface area (Å²) in [5.74, 6) is 0.305. The van der Waals surface area contributed by atoms with E-state index in [9.17, 15) is 18.5 Å². The summed E-state index contributed by atoms with van der Waals surface area (Å²) in [6.45, 7) is 3.65. The van der Waals surface area contributed by atoms with Crippen LogP contribution in [0.4, 0.5) is 5.69 Å². The number of rotatable bonds is 5. The predicted molar refractivity (Wildman–Crippen MR) is 78.5 cm³/mol. The van der Waals surface area contributed by atoms with E-state index in [-0.39, 0.29) is 16.6 Å². The smallest absolute Gasteiger partial charge is 0.269 e. The number of hydrogen-bond donors (Lipinski definition) is 2. The van der Waals surface area contributed by atoms with Crippen molar-refractivity contribution in [1.29, 1.82) is 0 Å². The van der Waals surface area contributed by atoms with Crippen molar-refractivity contribution in [2.45, 2.75) is 30.7 Å². The third kappa shape index (κ3) is 3.99. The normalized spacial score (nSPS) is 18.3. The number of nitro groups is 1. The van der Waals surface area contributed by atoms with E-state index in [1.54, 1.807) is 0 Å². The van der Waals surface area contributed by atoms with E-state index in [1.165, 1.54) is 24.3 Å². The van der Waals surface area contributed by atoms with Crippen LogP contribution in [-0.4, -0.2) is 32.5 Å². The first-order chi connectivity index (χ1) is 9.90.